The number of fused-ring (bicyclic) bond motifs is 1. The molecule has 0 radical (unpaired) electrons. The van der Waals surface area contributed by atoms with E-state index in [1.807, 2.05) is 11.5 Å². The van der Waals surface area contributed by atoms with Gasteiger partial charge in [0, 0.05) is 38.6 Å². The van der Waals surface area contributed by atoms with Crippen molar-refractivity contribution in [3.63, 3.8) is 0 Å². The number of halogens is 1. The molecule has 3 rings (SSSR count). The van der Waals surface area contributed by atoms with Gasteiger partial charge in [0.2, 0.25) is 0 Å². The number of hydrogen-bond acceptors (Lipinski definition) is 4. The minimum absolute atomic E-state index is 0. The normalized spacial score (nSPS) is 23.9. The summed E-state index contributed by atoms with van der Waals surface area (Å²) in [6.07, 6.45) is 3.38. The zero-order valence-electron chi connectivity index (χ0n) is 10.9. The third-order valence-corrected chi connectivity index (χ3v) is 5.71. The summed E-state index contributed by atoms with van der Waals surface area (Å²) < 4.78 is 28.8. The van der Waals surface area contributed by atoms with Crippen molar-refractivity contribution in [2.75, 3.05) is 19.6 Å². The average molecular weight is 307 g/mol. The second-order valence-corrected chi connectivity index (χ2v) is 6.77. The van der Waals surface area contributed by atoms with Crippen molar-refractivity contribution in [1.82, 2.24) is 19.2 Å². The lowest BCUT2D eigenvalue weighted by molar-refractivity contribution is 0.282. The van der Waals surface area contributed by atoms with E-state index in [0.717, 1.165) is 25.2 Å². The van der Waals surface area contributed by atoms with E-state index in [4.69, 9.17) is 0 Å². The molecular weight excluding hydrogens is 288 g/mol. The molecular formula is C11H19ClN4O2S. The Morgan fingerprint density at radius 1 is 1.42 bits per heavy atom. The molecule has 2 aliphatic rings. The number of rotatable bonds is 2. The molecule has 1 N–H and O–H groups in total. The van der Waals surface area contributed by atoms with Gasteiger partial charge >= 0.3 is 0 Å². The molecule has 6 nitrogen and oxygen atoms in total. The highest BCUT2D eigenvalue weighted by Gasteiger charge is 2.34. The van der Waals surface area contributed by atoms with Crippen LogP contribution in [0.4, 0.5) is 0 Å². The van der Waals surface area contributed by atoms with Gasteiger partial charge in [-0.05, 0) is 13.3 Å². The van der Waals surface area contributed by atoms with Crippen molar-refractivity contribution in [1.29, 1.82) is 0 Å². The maximum Gasteiger partial charge on any atom is 0.260 e. The predicted octanol–water partition coefficient (Wildman–Crippen LogP) is 0.233. The van der Waals surface area contributed by atoms with Crippen LogP contribution in [-0.4, -0.2) is 48.0 Å². The summed E-state index contributed by atoms with van der Waals surface area (Å²) in [5.41, 5.74) is 0. The largest absolute Gasteiger partial charge is 0.318 e. The highest BCUT2D eigenvalue weighted by Crippen LogP contribution is 2.24. The fourth-order valence-electron chi connectivity index (χ4n) is 2.74. The summed E-state index contributed by atoms with van der Waals surface area (Å²) in [6.45, 7) is 4.66. The van der Waals surface area contributed by atoms with E-state index >= 15 is 0 Å². The fraction of sp³-hybridized carbons (Fsp3) is 0.727. The number of imidazole rings is 1. The third-order valence-electron chi connectivity index (χ3n) is 3.70. The van der Waals surface area contributed by atoms with Crippen LogP contribution in [0.5, 0.6) is 0 Å². The minimum atomic E-state index is -3.40. The molecule has 3 heterocycles. The van der Waals surface area contributed by atoms with Gasteiger partial charge in [0.15, 0.2) is 5.03 Å². The summed E-state index contributed by atoms with van der Waals surface area (Å²) in [6, 6.07) is -0.00342. The number of aryl methyl sites for hydroxylation is 1. The SMILES string of the molecule is CC1CNCCN1S(=O)(=O)c1cnc2n1CCC2.Cl. The zero-order chi connectivity index (χ0) is 12.8. The van der Waals surface area contributed by atoms with Crippen LogP contribution in [0.1, 0.15) is 19.2 Å². The molecule has 1 unspecified atom stereocenters. The first-order chi connectivity index (χ1) is 8.60. The molecule has 1 atom stereocenters. The molecule has 0 spiro atoms. The molecule has 2 aliphatic heterocycles. The fourth-order valence-corrected chi connectivity index (χ4v) is 4.52. The predicted molar refractivity (Wildman–Crippen MR) is 74.0 cm³/mol. The Bertz CT molecular complexity index is 557. The Hall–Kier alpha value is -0.630. The first-order valence-corrected chi connectivity index (χ1v) is 7.81. The van der Waals surface area contributed by atoms with Crippen LogP contribution in [0, 0.1) is 0 Å². The van der Waals surface area contributed by atoms with Gasteiger partial charge in [0.1, 0.15) is 5.82 Å². The Labute approximate surface area is 119 Å². The van der Waals surface area contributed by atoms with Gasteiger partial charge in [0.25, 0.3) is 10.0 Å². The summed E-state index contributed by atoms with van der Waals surface area (Å²) in [5.74, 6) is 0.899. The summed E-state index contributed by atoms with van der Waals surface area (Å²) in [7, 11) is -3.40. The van der Waals surface area contributed by atoms with Crippen LogP contribution in [-0.2, 0) is 23.0 Å². The number of aromatic nitrogens is 2. The Balaban J connectivity index is 0.00000133. The first-order valence-electron chi connectivity index (χ1n) is 6.37. The molecule has 1 saturated heterocycles. The van der Waals surface area contributed by atoms with Crippen molar-refractivity contribution in [2.45, 2.75) is 37.4 Å². The third kappa shape index (κ3) is 2.40. The van der Waals surface area contributed by atoms with E-state index in [1.54, 1.807) is 4.31 Å². The van der Waals surface area contributed by atoms with Crippen LogP contribution < -0.4 is 5.32 Å². The second-order valence-electron chi connectivity index (χ2n) is 4.94. The quantitative estimate of drug-likeness (QED) is 0.849. The van der Waals surface area contributed by atoms with Crippen molar-refractivity contribution >= 4 is 22.4 Å². The lowest BCUT2D eigenvalue weighted by atomic mass is 10.3. The maximum atomic E-state index is 12.7. The molecule has 19 heavy (non-hydrogen) atoms. The summed E-state index contributed by atoms with van der Waals surface area (Å²) >= 11 is 0. The minimum Gasteiger partial charge on any atom is -0.318 e. The molecule has 108 valence electrons. The second kappa shape index (κ2) is 5.40. The van der Waals surface area contributed by atoms with Crippen LogP contribution in [0.25, 0.3) is 0 Å². The standard InChI is InChI=1S/C11H18N4O2S.ClH/c1-9-7-12-4-6-15(9)18(16,17)11-8-13-10-3-2-5-14(10)11;/h8-9,12H,2-7H2,1H3;1H. The Morgan fingerprint density at radius 3 is 2.95 bits per heavy atom. The molecule has 8 heteroatoms. The van der Waals surface area contributed by atoms with Gasteiger partial charge in [-0.15, -0.1) is 12.4 Å². The Morgan fingerprint density at radius 2 is 2.21 bits per heavy atom. The van der Waals surface area contributed by atoms with Gasteiger partial charge in [-0.2, -0.15) is 4.31 Å². The topological polar surface area (TPSA) is 67.2 Å². The number of nitrogens with one attached hydrogen (secondary N) is 1. The lowest BCUT2D eigenvalue weighted by Crippen LogP contribution is -2.52. The molecule has 1 aromatic rings. The van der Waals surface area contributed by atoms with E-state index in [0.29, 0.717) is 24.7 Å². The van der Waals surface area contributed by atoms with Gasteiger partial charge in [-0.1, -0.05) is 0 Å². The number of hydrogen-bond donors (Lipinski definition) is 1. The van der Waals surface area contributed by atoms with E-state index in [1.165, 1.54) is 6.20 Å². The average Bonchev–Trinajstić information content (AvgIpc) is 2.90. The van der Waals surface area contributed by atoms with Gasteiger partial charge < -0.3 is 9.88 Å². The molecule has 0 amide bonds. The number of piperazine rings is 1. The van der Waals surface area contributed by atoms with E-state index in [9.17, 15) is 8.42 Å². The van der Waals surface area contributed by atoms with Gasteiger partial charge in [0.05, 0.1) is 6.20 Å². The van der Waals surface area contributed by atoms with Gasteiger partial charge in [-0.25, -0.2) is 13.4 Å². The van der Waals surface area contributed by atoms with Crippen LogP contribution in [0.2, 0.25) is 0 Å². The van der Waals surface area contributed by atoms with E-state index in [-0.39, 0.29) is 18.4 Å². The summed E-state index contributed by atoms with van der Waals surface area (Å²) in [5, 5.41) is 3.57. The van der Waals surface area contributed by atoms with Crippen molar-refractivity contribution in [3.05, 3.63) is 12.0 Å². The Kier molecular flexibility index (Phi) is 4.20. The molecule has 1 fully saturated rings. The van der Waals surface area contributed by atoms with Crippen LogP contribution in [0.3, 0.4) is 0 Å². The van der Waals surface area contributed by atoms with Crippen molar-refractivity contribution in [3.8, 4) is 0 Å². The van der Waals surface area contributed by atoms with Gasteiger partial charge in [-0.3, -0.25) is 0 Å². The highest BCUT2D eigenvalue weighted by atomic mass is 35.5. The molecule has 1 aromatic heterocycles. The monoisotopic (exact) mass is 306 g/mol. The summed E-state index contributed by atoms with van der Waals surface area (Å²) in [4.78, 5) is 4.22. The van der Waals surface area contributed by atoms with Crippen molar-refractivity contribution < 1.29 is 8.42 Å². The van der Waals surface area contributed by atoms with E-state index < -0.39 is 10.0 Å². The van der Waals surface area contributed by atoms with E-state index in [2.05, 4.69) is 10.3 Å². The molecule has 0 bridgehead atoms. The molecule has 0 aromatic carbocycles. The zero-order valence-corrected chi connectivity index (χ0v) is 12.5. The number of sulfonamides is 1. The van der Waals surface area contributed by atoms with Crippen LogP contribution in [0.15, 0.2) is 11.2 Å². The highest BCUT2D eigenvalue weighted by molar-refractivity contribution is 7.89. The first kappa shape index (κ1) is 14.8. The maximum absolute atomic E-state index is 12.7. The molecule has 0 saturated carbocycles. The molecule has 0 aliphatic carbocycles. The smallest absolute Gasteiger partial charge is 0.260 e. The van der Waals surface area contributed by atoms with Crippen molar-refractivity contribution in [2.24, 2.45) is 0 Å². The lowest BCUT2D eigenvalue weighted by Gasteiger charge is -2.32. The number of nitrogens with zero attached hydrogens (tertiary/aromatic N) is 3. The van der Waals surface area contributed by atoms with Crippen LogP contribution >= 0.6 is 12.4 Å².